The zero-order chi connectivity index (χ0) is 29.2. The molecule has 0 atom stereocenters. The molecule has 2 amide bonds. The van der Waals surface area contributed by atoms with Crippen LogP contribution in [-0.2, 0) is 6.42 Å². The second-order valence-corrected chi connectivity index (χ2v) is 10.5. The molecule has 2 aliphatic rings. The van der Waals surface area contributed by atoms with Crippen LogP contribution in [0.1, 0.15) is 43.8 Å². The third-order valence-corrected chi connectivity index (χ3v) is 7.93. The second kappa shape index (κ2) is 11.7. The van der Waals surface area contributed by atoms with Gasteiger partial charge in [0, 0.05) is 50.6 Å². The molecule has 4 aromatic rings. The topological polar surface area (TPSA) is 121 Å². The Hall–Kier alpha value is -4.55. The van der Waals surface area contributed by atoms with Crippen molar-refractivity contribution in [2.75, 3.05) is 49.1 Å². The van der Waals surface area contributed by atoms with Crippen molar-refractivity contribution in [2.24, 2.45) is 5.18 Å². The molecule has 13 heteroatoms. The van der Waals surface area contributed by atoms with Gasteiger partial charge in [0.1, 0.15) is 23.8 Å². The monoisotopic (exact) mass is 576 g/mol. The number of hydrogen-bond acceptors (Lipinski definition) is 9. The third kappa shape index (κ3) is 5.14. The first kappa shape index (κ1) is 27.6. The Bertz CT molecular complexity index is 1620. The lowest BCUT2D eigenvalue weighted by Crippen LogP contribution is -2.34. The minimum absolute atomic E-state index is 0.0147. The Morgan fingerprint density at radius 3 is 2.64 bits per heavy atom. The molecule has 42 heavy (non-hydrogen) atoms. The lowest BCUT2D eigenvalue weighted by Gasteiger charge is -2.32. The van der Waals surface area contributed by atoms with E-state index in [4.69, 9.17) is 4.52 Å². The summed E-state index contributed by atoms with van der Waals surface area (Å²) in [6.07, 6.45) is 4.62. The standard InChI is InChI=1S/C29H30F2N8O3/c1-2-3-24-35-27(36-42-24)18-8-11-37(12-9-18)28-25-21(30)6-5-20(26(25)32-17-33-28)19-4-7-23(22(31)16-19)39-15-14-38(29(39)40)13-10-34-41/h4-7,16-18H,2-3,8-15H2,1H3. The Balaban J connectivity index is 1.25. The maximum atomic E-state index is 15.4. The molecule has 11 nitrogen and oxygen atoms in total. The molecule has 0 unspecified atom stereocenters. The van der Waals surface area contributed by atoms with Crippen LogP contribution in [0.4, 0.5) is 25.1 Å². The van der Waals surface area contributed by atoms with Gasteiger partial charge in [0.2, 0.25) is 5.89 Å². The summed E-state index contributed by atoms with van der Waals surface area (Å²) in [7, 11) is 0. The highest BCUT2D eigenvalue weighted by Gasteiger charge is 2.31. The van der Waals surface area contributed by atoms with Gasteiger partial charge in [-0.15, -0.1) is 0 Å². The van der Waals surface area contributed by atoms with Crippen LogP contribution in [0.2, 0.25) is 0 Å². The van der Waals surface area contributed by atoms with Gasteiger partial charge in [0.05, 0.1) is 23.1 Å². The van der Waals surface area contributed by atoms with E-state index in [0.717, 1.165) is 25.7 Å². The molecule has 6 rings (SSSR count). The largest absolute Gasteiger partial charge is 0.356 e. The number of nitroso groups, excluding NO2 is 1. The number of nitrogens with zero attached hydrogens (tertiary/aromatic N) is 8. The van der Waals surface area contributed by atoms with Gasteiger partial charge in [0.15, 0.2) is 5.82 Å². The molecule has 2 saturated heterocycles. The van der Waals surface area contributed by atoms with E-state index in [-0.39, 0.29) is 36.1 Å². The zero-order valence-electron chi connectivity index (χ0n) is 23.2. The van der Waals surface area contributed by atoms with Crippen LogP contribution in [-0.4, -0.2) is 70.3 Å². The van der Waals surface area contributed by atoms with E-state index in [0.29, 0.717) is 60.4 Å². The lowest BCUT2D eigenvalue weighted by molar-refractivity contribution is 0.222. The molecular formula is C29H30F2N8O3. The molecule has 0 aliphatic carbocycles. The van der Waals surface area contributed by atoms with Gasteiger partial charge in [-0.3, -0.25) is 4.90 Å². The predicted molar refractivity (Wildman–Crippen MR) is 152 cm³/mol. The van der Waals surface area contributed by atoms with Gasteiger partial charge in [-0.1, -0.05) is 23.3 Å². The normalized spacial score (nSPS) is 16.2. The molecule has 0 radical (unpaired) electrons. The average molecular weight is 577 g/mol. The summed E-state index contributed by atoms with van der Waals surface area (Å²) in [5, 5.41) is 7.24. The summed E-state index contributed by atoms with van der Waals surface area (Å²) in [4.78, 5) is 41.4. The number of carbonyl (C=O) groups is 1. The van der Waals surface area contributed by atoms with Crippen molar-refractivity contribution in [3.63, 3.8) is 0 Å². The van der Waals surface area contributed by atoms with Crippen molar-refractivity contribution in [1.29, 1.82) is 0 Å². The summed E-state index contributed by atoms with van der Waals surface area (Å²) in [6.45, 7) is 4.18. The number of carbonyl (C=O) groups excluding carboxylic acids is 1. The van der Waals surface area contributed by atoms with Gasteiger partial charge >= 0.3 is 6.03 Å². The van der Waals surface area contributed by atoms with Crippen molar-refractivity contribution in [3.05, 3.63) is 64.9 Å². The average Bonchev–Trinajstić information content (AvgIpc) is 3.63. The first-order chi connectivity index (χ1) is 20.5. The fourth-order valence-corrected chi connectivity index (χ4v) is 5.76. The molecule has 2 aliphatic heterocycles. The number of hydrogen-bond donors (Lipinski definition) is 0. The van der Waals surface area contributed by atoms with Crippen LogP contribution in [0.5, 0.6) is 0 Å². The molecular weight excluding hydrogens is 546 g/mol. The van der Waals surface area contributed by atoms with Gasteiger partial charge < -0.3 is 14.3 Å². The molecule has 0 spiro atoms. The summed E-state index contributed by atoms with van der Waals surface area (Å²) < 4.78 is 36.1. The summed E-state index contributed by atoms with van der Waals surface area (Å²) in [5.74, 6) is 0.957. The van der Waals surface area contributed by atoms with Crippen LogP contribution in [0.3, 0.4) is 0 Å². The van der Waals surface area contributed by atoms with E-state index in [1.807, 2.05) is 4.90 Å². The molecule has 2 fully saturated rings. The Kier molecular flexibility index (Phi) is 7.72. The van der Waals surface area contributed by atoms with Crippen molar-refractivity contribution in [2.45, 2.75) is 38.5 Å². The number of rotatable bonds is 9. The highest BCUT2D eigenvalue weighted by molar-refractivity contribution is 6.00. The molecule has 0 N–H and O–H groups in total. The number of fused-ring (bicyclic) bond motifs is 1. The molecule has 218 valence electrons. The van der Waals surface area contributed by atoms with Crippen molar-refractivity contribution in [3.8, 4) is 11.1 Å². The Morgan fingerprint density at radius 2 is 1.88 bits per heavy atom. The minimum Gasteiger partial charge on any atom is -0.356 e. The summed E-state index contributed by atoms with van der Waals surface area (Å²) in [5.41, 5.74) is 1.56. The number of aryl methyl sites for hydroxylation is 1. The molecule has 0 saturated carbocycles. The van der Waals surface area contributed by atoms with E-state index in [1.54, 1.807) is 12.1 Å². The Morgan fingerprint density at radius 1 is 1.05 bits per heavy atom. The van der Waals surface area contributed by atoms with Crippen LogP contribution >= 0.6 is 0 Å². The third-order valence-electron chi connectivity index (χ3n) is 7.93. The number of aromatic nitrogens is 4. The maximum Gasteiger partial charge on any atom is 0.324 e. The SMILES string of the molecule is CCCc1nc(C2CCN(c3ncnc4c(-c5ccc(N6CCN(CCN=O)C6=O)c(F)c5)ccc(F)c34)CC2)no1. The summed E-state index contributed by atoms with van der Waals surface area (Å²) in [6, 6.07) is 7.11. The summed E-state index contributed by atoms with van der Waals surface area (Å²) >= 11 is 0. The molecule has 0 bridgehead atoms. The minimum atomic E-state index is -0.589. The van der Waals surface area contributed by atoms with Gasteiger partial charge in [0.25, 0.3) is 0 Å². The van der Waals surface area contributed by atoms with E-state index in [1.165, 1.54) is 34.3 Å². The highest BCUT2D eigenvalue weighted by atomic mass is 19.1. The van der Waals surface area contributed by atoms with Gasteiger partial charge in [-0.05, 0) is 49.1 Å². The van der Waals surface area contributed by atoms with E-state index >= 15 is 8.78 Å². The number of amides is 2. The second-order valence-electron chi connectivity index (χ2n) is 10.5. The number of piperidine rings is 1. The highest BCUT2D eigenvalue weighted by Crippen LogP contribution is 2.37. The van der Waals surface area contributed by atoms with Crippen LogP contribution in [0.15, 0.2) is 46.4 Å². The first-order valence-corrected chi connectivity index (χ1v) is 14.1. The van der Waals surface area contributed by atoms with Crippen LogP contribution in [0, 0.1) is 16.5 Å². The van der Waals surface area contributed by atoms with E-state index < -0.39 is 11.6 Å². The van der Waals surface area contributed by atoms with Crippen LogP contribution < -0.4 is 9.80 Å². The number of anilines is 2. The van der Waals surface area contributed by atoms with Crippen molar-refractivity contribution >= 4 is 28.4 Å². The van der Waals surface area contributed by atoms with Crippen molar-refractivity contribution in [1.82, 2.24) is 25.0 Å². The van der Waals surface area contributed by atoms with Gasteiger partial charge in [-0.2, -0.15) is 9.89 Å². The molecule has 2 aromatic heterocycles. The molecule has 2 aromatic carbocycles. The smallest absolute Gasteiger partial charge is 0.324 e. The molecule has 4 heterocycles. The number of benzene rings is 2. The van der Waals surface area contributed by atoms with Gasteiger partial charge in [-0.25, -0.2) is 23.5 Å². The number of urea groups is 1. The fraction of sp³-hybridized carbons (Fsp3) is 0.414. The predicted octanol–water partition coefficient (Wildman–Crippen LogP) is 5.30. The van der Waals surface area contributed by atoms with Crippen molar-refractivity contribution < 1.29 is 18.1 Å². The first-order valence-electron chi connectivity index (χ1n) is 14.1. The lowest BCUT2D eigenvalue weighted by atomic mass is 9.95. The van der Waals surface area contributed by atoms with E-state index in [9.17, 15) is 9.70 Å². The Labute approximate surface area is 240 Å². The van der Waals surface area contributed by atoms with Crippen LogP contribution in [0.25, 0.3) is 22.0 Å². The number of halogens is 2. The van der Waals surface area contributed by atoms with E-state index in [2.05, 4.69) is 32.2 Å². The quantitative estimate of drug-likeness (QED) is 0.246. The fourth-order valence-electron chi connectivity index (χ4n) is 5.76. The zero-order valence-corrected chi connectivity index (χ0v) is 23.2. The maximum absolute atomic E-state index is 15.4.